The predicted octanol–water partition coefficient (Wildman–Crippen LogP) is 7.11. The quantitative estimate of drug-likeness (QED) is 0.268. The molecule has 8 rings (SSSR count). The number of benzene rings is 2. The van der Waals surface area contributed by atoms with Gasteiger partial charge in [0.2, 0.25) is 0 Å². The van der Waals surface area contributed by atoms with Crippen LogP contribution in [0.1, 0.15) is 99.3 Å². The molecule has 4 saturated carbocycles. The van der Waals surface area contributed by atoms with Gasteiger partial charge in [-0.1, -0.05) is 26.0 Å². The van der Waals surface area contributed by atoms with Crippen molar-refractivity contribution in [2.45, 2.75) is 114 Å². The van der Waals surface area contributed by atoms with Gasteiger partial charge in [-0.3, -0.25) is 0 Å². The van der Waals surface area contributed by atoms with Crippen LogP contribution in [-0.2, 0) is 12.8 Å². The minimum atomic E-state index is -1.06. The normalized spacial score (nSPS) is 44.8. The lowest BCUT2D eigenvalue weighted by Crippen LogP contribution is -2.44. The lowest BCUT2D eigenvalue weighted by Gasteiger charge is -2.49. The number of aliphatic hydroxyl groups excluding tert-OH is 2. The number of aromatic hydroxyl groups is 2. The number of aryl methyl sites for hydroxylation is 2. The second kappa shape index (κ2) is 10.2. The molecule has 0 heterocycles. The molecule has 2 aromatic rings. The van der Waals surface area contributed by atoms with Gasteiger partial charge < -0.3 is 20.4 Å². The summed E-state index contributed by atoms with van der Waals surface area (Å²) in [7, 11) is 0. The molecular weight excluding hydrogens is 534 g/mol. The zero-order valence-electron chi connectivity index (χ0n) is 24.9. The first-order valence-corrected chi connectivity index (χ1v) is 16.3. The van der Waals surface area contributed by atoms with Crippen molar-refractivity contribution < 1.29 is 29.2 Å². The van der Waals surface area contributed by atoms with Crippen LogP contribution in [0, 0.1) is 34.5 Å². The van der Waals surface area contributed by atoms with E-state index in [0.717, 1.165) is 51.4 Å². The smallest absolute Gasteiger partial charge is 0.127 e. The molecule has 42 heavy (non-hydrogen) atoms. The maximum absolute atomic E-state index is 14.1. The highest BCUT2D eigenvalue weighted by Gasteiger charge is 2.59. The summed E-state index contributed by atoms with van der Waals surface area (Å²) in [6.07, 6.45) is 5.25. The number of aliphatic hydroxyl groups is 2. The van der Waals surface area contributed by atoms with Gasteiger partial charge in [-0.15, -0.1) is 0 Å². The summed E-state index contributed by atoms with van der Waals surface area (Å²) in [4.78, 5) is 0. The summed E-state index contributed by atoms with van der Waals surface area (Å²) in [6.45, 7) is 4.18. The second-order valence-corrected chi connectivity index (χ2v) is 15.1. The van der Waals surface area contributed by atoms with Crippen LogP contribution < -0.4 is 0 Å². The van der Waals surface area contributed by atoms with E-state index in [1.54, 1.807) is 12.1 Å². The molecule has 4 N–H and O–H groups in total. The Balaban J connectivity index is 0.000000137. The lowest BCUT2D eigenvalue weighted by atomic mass is 9.55. The molecule has 6 aliphatic rings. The van der Waals surface area contributed by atoms with Gasteiger partial charge in [0.1, 0.15) is 23.8 Å². The van der Waals surface area contributed by atoms with Gasteiger partial charge in [0.15, 0.2) is 0 Å². The number of fused-ring (bicyclic) bond motifs is 10. The zero-order valence-corrected chi connectivity index (χ0v) is 24.9. The fourth-order valence-electron chi connectivity index (χ4n) is 11.0. The van der Waals surface area contributed by atoms with Gasteiger partial charge in [0, 0.05) is 0 Å². The van der Waals surface area contributed by atoms with E-state index < -0.39 is 24.6 Å². The Morgan fingerprint density at radius 2 is 1.05 bits per heavy atom. The molecule has 4 fully saturated rings. The highest BCUT2D eigenvalue weighted by atomic mass is 19.1. The van der Waals surface area contributed by atoms with Crippen LogP contribution in [0.2, 0.25) is 0 Å². The van der Waals surface area contributed by atoms with Gasteiger partial charge in [-0.2, -0.15) is 0 Å². The predicted molar refractivity (Wildman–Crippen MR) is 158 cm³/mol. The fourth-order valence-corrected chi connectivity index (χ4v) is 11.0. The third-order valence-corrected chi connectivity index (χ3v) is 13.3. The van der Waals surface area contributed by atoms with E-state index in [0.29, 0.717) is 59.8 Å². The molecule has 0 bridgehead atoms. The third kappa shape index (κ3) is 4.25. The Labute approximate surface area is 248 Å². The Morgan fingerprint density at radius 3 is 1.45 bits per heavy atom. The average Bonchev–Trinajstić information content (AvgIpc) is 3.35. The van der Waals surface area contributed by atoms with E-state index >= 15 is 0 Å². The Bertz CT molecular complexity index is 1250. The number of rotatable bonds is 0. The van der Waals surface area contributed by atoms with Crippen molar-refractivity contribution in [3.8, 4) is 11.5 Å². The van der Waals surface area contributed by atoms with Crippen molar-refractivity contribution in [3.05, 3.63) is 58.7 Å². The topological polar surface area (TPSA) is 80.9 Å². The maximum Gasteiger partial charge on any atom is 0.127 e. The molecule has 0 amide bonds. The molecule has 12 atom stereocenters. The largest absolute Gasteiger partial charge is 0.508 e. The summed E-state index contributed by atoms with van der Waals surface area (Å²) >= 11 is 0. The first kappa shape index (κ1) is 28.6. The molecule has 0 unspecified atom stereocenters. The van der Waals surface area contributed by atoms with Crippen LogP contribution in [0.3, 0.4) is 0 Å². The number of alkyl halides is 2. The third-order valence-electron chi connectivity index (χ3n) is 13.3. The van der Waals surface area contributed by atoms with Crippen molar-refractivity contribution in [2.75, 3.05) is 0 Å². The van der Waals surface area contributed by atoms with Crippen molar-refractivity contribution in [3.63, 3.8) is 0 Å². The summed E-state index contributed by atoms with van der Waals surface area (Å²) in [6, 6.07) is 11.4. The van der Waals surface area contributed by atoms with E-state index in [-0.39, 0.29) is 10.8 Å². The Morgan fingerprint density at radius 1 is 0.643 bits per heavy atom. The Kier molecular flexibility index (Phi) is 6.93. The molecule has 228 valence electrons. The molecule has 6 heteroatoms. The van der Waals surface area contributed by atoms with E-state index in [1.807, 2.05) is 12.1 Å². The molecule has 6 aliphatic carbocycles. The molecule has 0 saturated heterocycles. The monoisotopic (exact) mass is 580 g/mol. The molecule has 0 radical (unpaired) electrons. The standard InChI is InChI=1S/2C18H23FO2/c2*1-18-7-6-13-12-5-3-11(20)8-10(12)2-4-14(13)15(18)9-16(19)17(18)21/h2*3,5,8,13-17,20-21H,2,4,6-7,9H2,1H3/t13-,14-,15+,16+,17+,18+;13-,14-,15+,16-,17+,18+/m11/s1. The van der Waals surface area contributed by atoms with Gasteiger partial charge >= 0.3 is 0 Å². The maximum atomic E-state index is 14.1. The average molecular weight is 581 g/mol. The van der Waals surface area contributed by atoms with Gasteiger partial charge in [0.25, 0.3) is 0 Å². The minimum absolute atomic E-state index is 0.241. The summed E-state index contributed by atoms with van der Waals surface area (Å²) in [5.74, 6) is 3.19. The second-order valence-electron chi connectivity index (χ2n) is 15.1. The molecule has 2 aromatic carbocycles. The number of hydrogen-bond donors (Lipinski definition) is 4. The number of phenols is 2. The van der Waals surface area contributed by atoms with Crippen molar-refractivity contribution in [1.29, 1.82) is 0 Å². The van der Waals surface area contributed by atoms with Gasteiger partial charge in [0.05, 0.1) is 12.2 Å². The fraction of sp³-hybridized carbons (Fsp3) is 0.667. The van der Waals surface area contributed by atoms with Crippen LogP contribution in [-0.4, -0.2) is 45.0 Å². The Hall–Kier alpha value is -2.18. The molecule has 0 spiro atoms. The van der Waals surface area contributed by atoms with Crippen molar-refractivity contribution in [2.24, 2.45) is 34.5 Å². The SMILES string of the molecule is C[C@]12CC[C@@H]3c4ccc(O)cc4CC[C@H]3[C@@H]1C[C@@H](F)[C@@H]2O.C[C@]12CC[C@@H]3c4ccc(O)cc4CC[C@H]3[C@@H]1C[C@H](F)[C@@H]2O. The highest BCUT2D eigenvalue weighted by molar-refractivity contribution is 5.41. The first-order chi connectivity index (χ1) is 20.0. The number of halogens is 2. The molecule has 4 nitrogen and oxygen atoms in total. The van der Waals surface area contributed by atoms with E-state index in [9.17, 15) is 29.2 Å². The highest BCUT2D eigenvalue weighted by Crippen LogP contribution is 2.62. The van der Waals surface area contributed by atoms with Crippen LogP contribution in [0.5, 0.6) is 11.5 Å². The number of phenolic OH excluding ortho intramolecular Hbond substituents is 2. The first-order valence-electron chi connectivity index (χ1n) is 16.3. The molecule has 0 aliphatic heterocycles. The van der Waals surface area contributed by atoms with E-state index in [1.165, 1.54) is 22.3 Å². The van der Waals surface area contributed by atoms with Crippen LogP contribution in [0.25, 0.3) is 0 Å². The summed E-state index contributed by atoms with van der Waals surface area (Å²) in [5.41, 5.74) is 4.74. The van der Waals surface area contributed by atoms with Crippen molar-refractivity contribution in [1.82, 2.24) is 0 Å². The minimum Gasteiger partial charge on any atom is -0.508 e. The summed E-state index contributed by atoms with van der Waals surface area (Å²) < 4.78 is 28.2. The van der Waals surface area contributed by atoms with Crippen LogP contribution in [0.4, 0.5) is 8.78 Å². The van der Waals surface area contributed by atoms with Crippen LogP contribution >= 0.6 is 0 Å². The van der Waals surface area contributed by atoms with E-state index in [4.69, 9.17) is 0 Å². The number of hydrogen-bond acceptors (Lipinski definition) is 4. The summed E-state index contributed by atoms with van der Waals surface area (Å²) in [5, 5.41) is 39.9. The van der Waals surface area contributed by atoms with Crippen LogP contribution in [0.15, 0.2) is 36.4 Å². The van der Waals surface area contributed by atoms with Gasteiger partial charge in [-0.05, 0) is 157 Å². The lowest BCUT2D eigenvalue weighted by molar-refractivity contribution is -0.0365. The zero-order chi connectivity index (χ0) is 29.6. The molecular formula is C36H46F2O4. The molecule has 0 aromatic heterocycles. The van der Waals surface area contributed by atoms with Gasteiger partial charge in [-0.25, -0.2) is 8.78 Å². The van der Waals surface area contributed by atoms with E-state index in [2.05, 4.69) is 26.0 Å². The van der Waals surface area contributed by atoms with Crippen molar-refractivity contribution >= 4 is 0 Å².